The topological polar surface area (TPSA) is 41.6 Å². The second kappa shape index (κ2) is 5.47. The summed E-state index contributed by atoms with van der Waals surface area (Å²) in [5, 5.41) is 3.21. The predicted octanol–water partition coefficient (Wildman–Crippen LogP) is 0.481. The van der Waals surface area contributed by atoms with Crippen molar-refractivity contribution in [1.82, 2.24) is 10.2 Å². The number of nitrogens with one attached hydrogen (secondary N) is 1. The molecule has 1 aliphatic heterocycles. The first-order valence-corrected chi connectivity index (χ1v) is 5.67. The molecule has 88 valence electrons. The highest BCUT2D eigenvalue weighted by atomic mass is 16.5. The van der Waals surface area contributed by atoms with Crippen LogP contribution in [0.2, 0.25) is 0 Å². The van der Waals surface area contributed by atoms with Crippen molar-refractivity contribution in [2.45, 2.75) is 20.8 Å². The molecule has 1 N–H and O–H groups in total. The second-order valence-electron chi connectivity index (χ2n) is 4.47. The molecule has 0 radical (unpaired) electrons. The number of amides is 1. The Hall–Kier alpha value is -0.610. The van der Waals surface area contributed by atoms with E-state index in [4.69, 9.17) is 4.74 Å². The lowest BCUT2D eigenvalue weighted by Gasteiger charge is -2.38. The van der Waals surface area contributed by atoms with Crippen LogP contribution in [0.25, 0.3) is 0 Å². The number of nitrogens with zero attached hydrogens (tertiary/aromatic N) is 1. The van der Waals surface area contributed by atoms with Gasteiger partial charge in [-0.25, -0.2) is 0 Å². The Morgan fingerprint density at radius 2 is 2.00 bits per heavy atom. The van der Waals surface area contributed by atoms with Gasteiger partial charge in [-0.3, -0.25) is 4.79 Å². The molecule has 1 fully saturated rings. The molecule has 0 unspecified atom stereocenters. The molecule has 0 aromatic heterocycles. The van der Waals surface area contributed by atoms with Crippen LogP contribution in [0.3, 0.4) is 0 Å². The minimum absolute atomic E-state index is 0.184. The molecule has 1 rings (SSSR count). The van der Waals surface area contributed by atoms with Crippen LogP contribution >= 0.6 is 0 Å². The van der Waals surface area contributed by atoms with Gasteiger partial charge in [-0.1, -0.05) is 6.92 Å². The van der Waals surface area contributed by atoms with Crippen LogP contribution in [0.5, 0.6) is 0 Å². The third kappa shape index (κ3) is 3.47. The van der Waals surface area contributed by atoms with Crippen LogP contribution in [-0.2, 0) is 9.53 Å². The summed E-state index contributed by atoms with van der Waals surface area (Å²) in [6, 6.07) is 0. The van der Waals surface area contributed by atoms with Gasteiger partial charge < -0.3 is 15.0 Å². The average Bonchev–Trinajstić information content (AvgIpc) is 2.17. The Morgan fingerprint density at radius 1 is 1.40 bits per heavy atom. The summed E-state index contributed by atoms with van der Waals surface area (Å²) in [5.41, 5.74) is 0.240. The van der Waals surface area contributed by atoms with E-state index in [-0.39, 0.29) is 11.3 Å². The lowest BCUT2D eigenvalue weighted by Crippen LogP contribution is -2.49. The Morgan fingerprint density at radius 3 is 2.40 bits per heavy atom. The average molecular weight is 214 g/mol. The molecule has 1 aliphatic rings. The number of likely N-dealkylation sites (N-methyl/N-ethyl adjacent to an activating group) is 1. The zero-order valence-corrected chi connectivity index (χ0v) is 10.0. The largest absolute Gasteiger partial charge is 0.380 e. The second-order valence-corrected chi connectivity index (χ2v) is 4.47. The number of hydrogen-bond donors (Lipinski definition) is 1. The standard InChI is InChI=1S/C11H22N2O2/c1-4-13(5-2)10(14)6-12-7-11(3)8-15-9-11/h12H,4-9H2,1-3H3. The van der Waals surface area contributed by atoms with Crippen molar-refractivity contribution in [3.63, 3.8) is 0 Å². The van der Waals surface area contributed by atoms with Crippen LogP contribution in [0, 0.1) is 5.41 Å². The van der Waals surface area contributed by atoms with E-state index in [1.807, 2.05) is 18.7 Å². The molecule has 0 atom stereocenters. The van der Waals surface area contributed by atoms with Crippen molar-refractivity contribution in [2.24, 2.45) is 5.41 Å². The fourth-order valence-electron chi connectivity index (χ4n) is 1.71. The van der Waals surface area contributed by atoms with Gasteiger partial charge >= 0.3 is 0 Å². The van der Waals surface area contributed by atoms with Gasteiger partial charge in [0.2, 0.25) is 5.91 Å². The van der Waals surface area contributed by atoms with Crippen molar-refractivity contribution < 1.29 is 9.53 Å². The molecule has 4 heteroatoms. The first kappa shape index (κ1) is 12.5. The van der Waals surface area contributed by atoms with E-state index in [0.717, 1.165) is 32.8 Å². The first-order valence-electron chi connectivity index (χ1n) is 5.67. The zero-order chi connectivity index (χ0) is 11.3. The maximum atomic E-state index is 11.6. The summed E-state index contributed by atoms with van der Waals surface area (Å²) in [4.78, 5) is 13.5. The molecule has 0 saturated carbocycles. The van der Waals surface area contributed by atoms with Gasteiger partial charge in [0.1, 0.15) is 0 Å². The van der Waals surface area contributed by atoms with Gasteiger partial charge in [0, 0.05) is 25.0 Å². The summed E-state index contributed by atoms with van der Waals surface area (Å²) < 4.78 is 5.15. The summed E-state index contributed by atoms with van der Waals surface area (Å²) in [6.07, 6.45) is 0. The Balaban J connectivity index is 2.16. The van der Waals surface area contributed by atoms with Crippen LogP contribution in [0.4, 0.5) is 0 Å². The number of carbonyl (C=O) groups excluding carboxylic acids is 1. The van der Waals surface area contributed by atoms with Crippen molar-refractivity contribution >= 4 is 5.91 Å². The molecule has 0 bridgehead atoms. The first-order chi connectivity index (χ1) is 7.11. The minimum atomic E-state index is 0.184. The Labute approximate surface area is 92.0 Å². The maximum Gasteiger partial charge on any atom is 0.236 e. The van der Waals surface area contributed by atoms with Gasteiger partial charge in [0.05, 0.1) is 19.8 Å². The van der Waals surface area contributed by atoms with Gasteiger partial charge in [-0.15, -0.1) is 0 Å². The molecule has 1 saturated heterocycles. The fourth-order valence-corrected chi connectivity index (χ4v) is 1.71. The maximum absolute atomic E-state index is 11.6. The van der Waals surface area contributed by atoms with Crippen molar-refractivity contribution in [3.8, 4) is 0 Å². The minimum Gasteiger partial charge on any atom is -0.380 e. The highest BCUT2D eigenvalue weighted by Crippen LogP contribution is 2.24. The van der Waals surface area contributed by atoms with Crippen LogP contribution in [-0.4, -0.2) is 50.2 Å². The zero-order valence-electron chi connectivity index (χ0n) is 10.0. The molecule has 1 amide bonds. The van der Waals surface area contributed by atoms with Crippen LogP contribution in [0.15, 0.2) is 0 Å². The summed E-state index contributed by atoms with van der Waals surface area (Å²) >= 11 is 0. The smallest absolute Gasteiger partial charge is 0.236 e. The SMILES string of the molecule is CCN(CC)C(=O)CNCC1(C)COC1. The molecular weight excluding hydrogens is 192 g/mol. The molecule has 4 nitrogen and oxygen atoms in total. The van der Waals surface area contributed by atoms with Crippen LogP contribution in [0.1, 0.15) is 20.8 Å². The van der Waals surface area contributed by atoms with Crippen molar-refractivity contribution in [1.29, 1.82) is 0 Å². The van der Waals surface area contributed by atoms with Crippen LogP contribution < -0.4 is 5.32 Å². The van der Waals surface area contributed by atoms with E-state index in [1.54, 1.807) is 0 Å². The van der Waals surface area contributed by atoms with E-state index in [9.17, 15) is 4.79 Å². The Kier molecular flexibility index (Phi) is 4.54. The van der Waals surface area contributed by atoms with E-state index in [1.165, 1.54) is 0 Å². The molecule has 0 aromatic carbocycles. The van der Waals surface area contributed by atoms with E-state index < -0.39 is 0 Å². The summed E-state index contributed by atoms with van der Waals surface area (Å²) in [5.74, 6) is 0.184. The van der Waals surface area contributed by atoms with E-state index in [2.05, 4.69) is 12.2 Å². The van der Waals surface area contributed by atoms with Gasteiger partial charge in [-0.05, 0) is 13.8 Å². The van der Waals surface area contributed by atoms with E-state index >= 15 is 0 Å². The molecular formula is C11H22N2O2. The van der Waals surface area contributed by atoms with Gasteiger partial charge in [0.15, 0.2) is 0 Å². The van der Waals surface area contributed by atoms with Gasteiger partial charge in [0.25, 0.3) is 0 Å². The van der Waals surface area contributed by atoms with Crippen molar-refractivity contribution in [3.05, 3.63) is 0 Å². The van der Waals surface area contributed by atoms with E-state index in [0.29, 0.717) is 6.54 Å². The fraction of sp³-hybridized carbons (Fsp3) is 0.909. The number of rotatable bonds is 6. The highest BCUT2D eigenvalue weighted by Gasteiger charge is 2.32. The molecule has 1 heterocycles. The number of carbonyl (C=O) groups is 1. The third-order valence-corrected chi connectivity index (χ3v) is 2.85. The normalized spacial score (nSPS) is 18.3. The lowest BCUT2D eigenvalue weighted by atomic mass is 9.89. The number of hydrogen-bond acceptors (Lipinski definition) is 3. The summed E-state index contributed by atoms with van der Waals surface area (Å²) in [6.45, 7) is 10.7. The lowest BCUT2D eigenvalue weighted by molar-refractivity contribution is -0.130. The van der Waals surface area contributed by atoms with Crippen molar-refractivity contribution in [2.75, 3.05) is 39.4 Å². The monoisotopic (exact) mass is 214 g/mol. The molecule has 0 spiro atoms. The Bertz CT molecular complexity index is 211. The number of ether oxygens (including phenoxy) is 1. The molecule has 0 aromatic rings. The molecule has 0 aliphatic carbocycles. The third-order valence-electron chi connectivity index (χ3n) is 2.85. The highest BCUT2D eigenvalue weighted by molar-refractivity contribution is 5.78. The quantitative estimate of drug-likeness (QED) is 0.699. The molecule has 15 heavy (non-hydrogen) atoms. The summed E-state index contributed by atoms with van der Waals surface area (Å²) in [7, 11) is 0. The van der Waals surface area contributed by atoms with Gasteiger partial charge in [-0.2, -0.15) is 0 Å². The predicted molar refractivity (Wildman–Crippen MR) is 59.7 cm³/mol.